The zero-order valence-electron chi connectivity index (χ0n) is 10.6. The maximum atomic E-state index is 8.82. The molecule has 0 aromatic carbocycles. The number of ether oxygens (including phenoxy) is 1. The highest BCUT2D eigenvalue weighted by molar-refractivity contribution is 5.33. The van der Waals surface area contributed by atoms with Gasteiger partial charge < -0.3 is 9.64 Å². The number of rotatable bonds is 6. The van der Waals surface area contributed by atoms with Crippen LogP contribution in [0.4, 0.5) is 5.95 Å². The SMILES string of the molecule is COCCN(CC(C)C)c1nccc(C#N)n1. The number of nitriles is 1. The normalized spacial score (nSPS) is 10.3. The number of nitrogens with zero attached hydrogens (tertiary/aromatic N) is 4. The van der Waals surface area contributed by atoms with Crippen molar-refractivity contribution in [1.29, 1.82) is 5.26 Å². The van der Waals surface area contributed by atoms with E-state index < -0.39 is 0 Å². The summed E-state index contributed by atoms with van der Waals surface area (Å²) in [5, 5.41) is 8.82. The Bertz CT molecular complexity index is 386. The molecular formula is C12H18N4O. The molecule has 0 aliphatic heterocycles. The van der Waals surface area contributed by atoms with Crippen LogP contribution in [0.3, 0.4) is 0 Å². The Morgan fingerprint density at radius 2 is 2.29 bits per heavy atom. The van der Waals surface area contributed by atoms with Gasteiger partial charge in [0.25, 0.3) is 0 Å². The van der Waals surface area contributed by atoms with Gasteiger partial charge in [0.1, 0.15) is 11.8 Å². The molecule has 0 aliphatic rings. The fourth-order valence-electron chi connectivity index (χ4n) is 1.48. The van der Waals surface area contributed by atoms with E-state index in [2.05, 4.69) is 23.8 Å². The van der Waals surface area contributed by atoms with Crippen LogP contribution in [-0.2, 0) is 4.74 Å². The molecular weight excluding hydrogens is 216 g/mol. The second kappa shape index (κ2) is 6.81. The highest BCUT2D eigenvalue weighted by Crippen LogP contribution is 2.09. The summed E-state index contributed by atoms with van der Waals surface area (Å²) >= 11 is 0. The van der Waals surface area contributed by atoms with Crippen molar-refractivity contribution in [3.8, 4) is 6.07 Å². The van der Waals surface area contributed by atoms with Crippen molar-refractivity contribution in [2.24, 2.45) is 5.92 Å². The first-order valence-corrected chi connectivity index (χ1v) is 5.64. The molecule has 0 atom stereocenters. The molecule has 92 valence electrons. The fourth-order valence-corrected chi connectivity index (χ4v) is 1.48. The van der Waals surface area contributed by atoms with Crippen molar-refractivity contribution in [3.63, 3.8) is 0 Å². The van der Waals surface area contributed by atoms with E-state index in [4.69, 9.17) is 10.00 Å². The van der Waals surface area contributed by atoms with Gasteiger partial charge in [-0.15, -0.1) is 0 Å². The van der Waals surface area contributed by atoms with E-state index >= 15 is 0 Å². The van der Waals surface area contributed by atoms with E-state index in [9.17, 15) is 0 Å². The topological polar surface area (TPSA) is 62.0 Å². The Hall–Kier alpha value is -1.67. The molecule has 1 rings (SSSR count). The van der Waals surface area contributed by atoms with Crippen molar-refractivity contribution < 1.29 is 4.74 Å². The summed E-state index contributed by atoms with van der Waals surface area (Å²) in [6.07, 6.45) is 1.61. The molecule has 0 saturated heterocycles. The molecule has 0 aliphatic carbocycles. The molecule has 1 aromatic heterocycles. The van der Waals surface area contributed by atoms with Gasteiger partial charge in [-0.2, -0.15) is 5.26 Å². The second-order valence-corrected chi connectivity index (χ2v) is 4.19. The van der Waals surface area contributed by atoms with Gasteiger partial charge in [-0.1, -0.05) is 13.8 Å². The molecule has 17 heavy (non-hydrogen) atoms. The molecule has 0 spiro atoms. The molecule has 0 N–H and O–H groups in total. The lowest BCUT2D eigenvalue weighted by molar-refractivity contribution is 0.204. The lowest BCUT2D eigenvalue weighted by atomic mass is 10.2. The van der Waals surface area contributed by atoms with Gasteiger partial charge in [0.05, 0.1) is 6.61 Å². The average Bonchev–Trinajstić information content (AvgIpc) is 2.34. The van der Waals surface area contributed by atoms with Crippen LogP contribution >= 0.6 is 0 Å². The highest BCUT2D eigenvalue weighted by atomic mass is 16.5. The van der Waals surface area contributed by atoms with Crippen molar-refractivity contribution in [2.75, 3.05) is 31.7 Å². The zero-order chi connectivity index (χ0) is 12.7. The number of hydrogen-bond donors (Lipinski definition) is 0. The van der Waals surface area contributed by atoms with Crippen LogP contribution in [0.1, 0.15) is 19.5 Å². The van der Waals surface area contributed by atoms with Crippen LogP contribution in [-0.4, -0.2) is 36.8 Å². The molecule has 5 heteroatoms. The maximum Gasteiger partial charge on any atom is 0.226 e. The molecule has 1 aromatic rings. The first-order valence-electron chi connectivity index (χ1n) is 5.64. The maximum absolute atomic E-state index is 8.82. The second-order valence-electron chi connectivity index (χ2n) is 4.19. The van der Waals surface area contributed by atoms with E-state index in [-0.39, 0.29) is 0 Å². The predicted octanol–water partition coefficient (Wildman–Crippen LogP) is 1.46. The minimum Gasteiger partial charge on any atom is -0.383 e. The third-order valence-corrected chi connectivity index (χ3v) is 2.19. The third kappa shape index (κ3) is 4.37. The van der Waals surface area contributed by atoms with E-state index in [0.29, 0.717) is 24.2 Å². The number of anilines is 1. The Balaban J connectivity index is 2.83. The predicted molar refractivity (Wildman–Crippen MR) is 65.7 cm³/mol. The van der Waals surface area contributed by atoms with Gasteiger partial charge in [0.15, 0.2) is 0 Å². The Labute approximate surface area is 102 Å². The number of methoxy groups -OCH3 is 1. The van der Waals surface area contributed by atoms with Gasteiger partial charge in [0.2, 0.25) is 5.95 Å². The number of hydrogen-bond acceptors (Lipinski definition) is 5. The van der Waals surface area contributed by atoms with Crippen LogP contribution in [0.15, 0.2) is 12.3 Å². The van der Waals surface area contributed by atoms with E-state index in [0.717, 1.165) is 13.1 Å². The van der Waals surface area contributed by atoms with E-state index in [1.165, 1.54) is 0 Å². The summed E-state index contributed by atoms with van der Waals surface area (Å²) in [7, 11) is 1.67. The Kier molecular flexibility index (Phi) is 5.37. The van der Waals surface area contributed by atoms with Gasteiger partial charge in [-0.25, -0.2) is 9.97 Å². The Morgan fingerprint density at radius 3 is 2.88 bits per heavy atom. The highest BCUT2D eigenvalue weighted by Gasteiger charge is 2.11. The van der Waals surface area contributed by atoms with E-state index in [1.807, 2.05) is 11.0 Å². The molecule has 0 fully saturated rings. The van der Waals surface area contributed by atoms with Crippen LogP contribution < -0.4 is 4.90 Å². The van der Waals surface area contributed by atoms with Crippen LogP contribution in [0, 0.1) is 17.2 Å². The lowest BCUT2D eigenvalue weighted by Gasteiger charge is -2.24. The van der Waals surface area contributed by atoms with E-state index in [1.54, 1.807) is 19.4 Å². The molecule has 5 nitrogen and oxygen atoms in total. The zero-order valence-corrected chi connectivity index (χ0v) is 10.6. The molecule has 0 unspecified atom stereocenters. The van der Waals surface area contributed by atoms with Crippen LogP contribution in [0.2, 0.25) is 0 Å². The minimum atomic E-state index is 0.390. The van der Waals surface area contributed by atoms with Gasteiger partial charge in [-0.05, 0) is 12.0 Å². The summed E-state index contributed by atoms with van der Waals surface area (Å²) in [5.74, 6) is 1.09. The molecule has 0 radical (unpaired) electrons. The molecule has 0 bridgehead atoms. The number of aromatic nitrogens is 2. The van der Waals surface area contributed by atoms with Crippen molar-refractivity contribution in [1.82, 2.24) is 9.97 Å². The average molecular weight is 234 g/mol. The summed E-state index contributed by atoms with van der Waals surface area (Å²) in [6, 6.07) is 3.63. The lowest BCUT2D eigenvalue weighted by Crippen LogP contribution is -2.32. The smallest absolute Gasteiger partial charge is 0.226 e. The first-order chi connectivity index (χ1) is 8.17. The van der Waals surface area contributed by atoms with Crippen molar-refractivity contribution in [2.45, 2.75) is 13.8 Å². The van der Waals surface area contributed by atoms with Crippen LogP contribution in [0.25, 0.3) is 0 Å². The summed E-state index contributed by atoms with van der Waals surface area (Å²) < 4.78 is 5.07. The fraction of sp³-hybridized carbons (Fsp3) is 0.583. The van der Waals surface area contributed by atoms with Crippen LogP contribution in [0.5, 0.6) is 0 Å². The summed E-state index contributed by atoms with van der Waals surface area (Å²) in [4.78, 5) is 10.4. The van der Waals surface area contributed by atoms with Gasteiger partial charge in [-0.3, -0.25) is 0 Å². The largest absolute Gasteiger partial charge is 0.383 e. The summed E-state index contributed by atoms with van der Waals surface area (Å²) in [6.45, 7) is 6.45. The van der Waals surface area contributed by atoms with Crippen molar-refractivity contribution in [3.05, 3.63) is 18.0 Å². The monoisotopic (exact) mass is 234 g/mol. The standard InChI is InChI=1S/C12H18N4O/c1-10(2)9-16(6-7-17-3)12-14-5-4-11(8-13)15-12/h4-5,10H,6-7,9H2,1-3H3. The van der Waals surface area contributed by atoms with Gasteiger partial charge in [0, 0.05) is 26.4 Å². The quantitative estimate of drug-likeness (QED) is 0.745. The first kappa shape index (κ1) is 13.4. The summed E-state index contributed by atoms with van der Waals surface area (Å²) in [5.41, 5.74) is 0.390. The Morgan fingerprint density at radius 1 is 1.53 bits per heavy atom. The van der Waals surface area contributed by atoms with Gasteiger partial charge >= 0.3 is 0 Å². The molecule has 0 amide bonds. The minimum absolute atomic E-state index is 0.390. The third-order valence-electron chi connectivity index (χ3n) is 2.19. The molecule has 0 saturated carbocycles. The van der Waals surface area contributed by atoms with Crippen molar-refractivity contribution >= 4 is 5.95 Å². The molecule has 1 heterocycles.